The molecule has 0 bridgehead atoms. The van der Waals surface area contributed by atoms with Crippen molar-refractivity contribution in [3.05, 3.63) is 12.3 Å². The van der Waals surface area contributed by atoms with Crippen LogP contribution in [0.5, 0.6) is 0 Å². The molecule has 1 unspecified atom stereocenters. The van der Waals surface area contributed by atoms with E-state index in [-0.39, 0.29) is 5.91 Å². The normalized spacial score (nSPS) is 32.5. The summed E-state index contributed by atoms with van der Waals surface area (Å²) in [5, 5.41) is 0. The van der Waals surface area contributed by atoms with Gasteiger partial charge in [0.15, 0.2) is 0 Å². The molecule has 66 valence electrons. The average molecular weight is 166 g/mol. The summed E-state index contributed by atoms with van der Waals surface area (Å²) < 4.78 is 0. The van der Waals surface area contributed by atoms with E-state index in [0.717, 1.165) is 19.4 Å². The van der Waals surface area contributed by atoms with E-state index in [4.69, 9.17) is 5.73 Å². The molecule has 3 heteroatoms. The molecule has 0 aromatic rings. The maximum Gasteiger partial charge on any atom is 0.217 e. The summed E-state index contributed by atoms with van der Waals surface area (Å²) in [7, 11) is 0. The minimum Gasteiger partial charge on any atom is -0.374 e. The highest BCUT2D eigenvalue weighted by Crippen LogP contribution is 2.32. The summed E-state index contributed by atoms with van der Waals surface area (Å²) in [6.07, 6.45) is 7.10. The highest BCUT2D eigenvalue weighted by Gasteiger charge is 2.34. The van der Waals surface area contributed by atoms with Crippen molar-refractivity contribution in [1.82, 2.24) is 4.90 Å². The highest BCUT2D eigenvalue weighted by atomic mass is 16.1. The van der Waals surface area contributed by atoms with Gasteiger partial charge in [-0.2, -0.15) is 0 Å². The Bertz CT molecular complexity index is 225. The molecule has 2 atom stereocenters. The topological polar surface area (TPSA) is 46.3 Å². The van der Waals surface area contributed by atoms with Crippen molar-refractivity contribution >= 4 is 5.91 Å². The van der Waals surface area contributed by atoms with Crippen LogP contribution in [0.4, 0.5) is 0 Å². The van der Waals surface area contributed by atoms with Crippen LogP contribution in [0.15, 0.2) is 12.3 Å². The first-order valence-electron chi connectivity index (χ1n) is 4.48. The third-order valence-corrected chi connectivity index (χ3v) is 2.87. The Balaban J connectivity index is 1.97. The molecule has 0 aliphatic carbocycles. The number of hydrogen-bond acceptors (Lipinski definition) is 2. The largest absolute Gasteiger partial charge is 0.374 e. The molecule has 2 aliphatic heterocycles. The first-order chi connectivity index (χ1) is 5.77. The molecule has 1 fully saturated rings. The first-order valence-corrected chi connectivity index (χ1v) is 4.48. The number of fused-ring (bicyclic) bond motifs is 1. The van der Waals surface area contributed by atoms with Gasteiger partial charge in [-0.25, -0.2) is 0 Å². The Kier molecular flexibility index (Phi) is 1.79. The fraction of sp³-hybridized carbons (Fsp3) is 0.667. The van der Waals surface area contributed by atoms with Gasteiger partial charge in [-0.15, -0.1) is 0 Å². The van der Waals surface area contributed by atoms with Crippen LogP contribution in [0.1, 0.15) is 19.3 Å². The van der Waals surface area contributed by atoms with E-state index >= 15 is 0 Å². The molecule has 0 spiro atoms. The molecule has 0 aromatic carbocycles. The molecule has 1 amide bonds. The van der Waals surface area contributed by atoms with Crippen LogP contribution in [0.2, 0.25) is 0 Å². The van der Waals surface area contributed by atoms with Gasteiger partial charge in [0, 0.05) is 19.0 Å². The van der Waals surface area contributed by atoms with Crippen molar-refractivity contribution in [2.24, 2.45) is 11.7 Å². The molecule has 0 aromatic heterocycles. The van der Waals surface area contributed by atoms with Gasteiger partial charge < -0.3 is 10.6 Å². The lowest BCUT2D eigenvalue weighted by molar-refractivity contribution is -0.119. The van der Waals surface area contributed by atoms with E-state index in [2.05, 4.69) is 17.2 Å². The summed E-state index contributed by atoms with van der Waals surface area (Å²) in [5.41, 5.74) is 5.18. The predicted molar refractivity (Wildman–Crippen MR) is 46.2 cm³/mol. The number of amides is 1. The zero-order valence-corrected chi connectivity index (χ0v) is 7.07. The monoisotopic (exact) mass is 166 g/mol. The SMILES string of the molecule is NC(=O)C[C@H]1CCN2C=CCC12. The second kappa shape index (κ2) is 2.81. The Morgan fingerprint density at radius 1 is 1.67 bits per heavy atom. The fourth-order valence-corrected chi connectivity index (χ4v) is 2.29. The zero-order chi connectivity index (χ0) is 8.55. The molecule has 0 radical (unpaired) electrons. The first kappa shape index (κ1) is 7.65. The number of carbonyl (C=O) groups is 1. The van der Waals surface area contributed by atoms with Crippen LogP contribution in [0.3, 0.4) is 0 Å². The number of rotatable bonds is 2. The van der Waals surface area contributed by atoms with Crippen molar-refractivity contribution in [2.75, 3.05) is 6.54 Å². The Labute approximate surface area is 72.2 Å². The van der Waals surface area contributed by atoms with Crippen molar-refractivity contribution < 1.29 is 4.79 Å². The van der Waals surface area contributed by atoms with E-state index in [0.29, 0.717) is 18.4 Å². The summed E-state index contributed by atoms with van der Waals surface area (Å²) in [6.45, 7) is 1.10. The molecule has 12 heavy (non-hydrogen) atoms. The second-order valence-corrected chi connectivity index (χ2v) is 3.64. The zero-order valence-electron chi connectivity index (χ0n) is 7.07. The number of primary amides is 1. The van der Waals surface area contributed by atoms with Crippen LogP contribution in [0, 0.1) is 5.92 Å². The van der Waals surface area contributed by atoms with Gasteiger partial charge in [0.1, 0.15) is 0 Å². The molecule has 2 N–H and O–H groups in total. The minimum atomic E-state index is -0.159. The minimum absolute atomic E-state index is 0.159. The fourth-order valence-electron chi connectivity index (χ4n) is 2.29. The van der Waals surface area contributed by atoms with E-state index in [1.807, 2.05) is 0 Å². The number of carbonyl (C=O) groups excluding carboxylic acids is 1. The molecule has 3 nitrogen and oxygen atoms in total. The third-order valence-electron chi connectivity index (χ3n) is 2.87. The van der Waals surface area contributed by atoms with E-state index in [1.54, 1.807) is 0 Å². The summed E-state index contributed by atoms with van der Waals surface area (Å²) in [6, 6.07) is 0.567. The van der Waals surface area contributed by atoms with Gasteiger partial charge in [-0.1, -0.05) is 6.08 Å². The maximum atomic E-state index is 10.7. The van der Waals surface area contributed by atoms with Crippen molar-refractivity contribution in [3.8, 4) is 0 Å². The Hall–Kier alpha value is -0.990. The molecular formula is C9H14N2O. The molecule has 2 heterocycles. The molecule has 1 saturated heterocycles. The summed E-state index contributed by atoms with van der Waals surface area (Å²) >= 11 is 0. The number of nitrogens with zero attached hydrogens (tertiary/aromatic N) is 1. The Morgan fingerprint density at radius 2 is 2.50 bits per heavy atom. The lowest BCUT2D eigenvalue weighted by Gasteiger charge is -2.19. The second-order valence-electron chi connectivity index (χ2n) is 3.64. The maximum absolute atomic E-state index is 10.7. The van der Waals surface area contributed by atoms with E-state index in [9.17, 15) is 4.79 Å². The van der Waals surface area contributed by atoms with Gasteiger partial charge in [-0.05, 0) is 25.0 Å². The van der Waals surface area contributed by atoms with Crippen LogP contribution in [0.25, 0.3) is 0 Å². The average Bonchev–Trinajstić information content (AvgIpc) is 2.52. The smallest absolute Gasteiger partial charge is 0.217 e. The van der Waals surface area contributed by atoms with Crippen molar-refractivity contribution in [1.29, 1.82) is 0 Å². The number of nitrogens with two attached hydrogens (primary N) is 1. The molecule has 2 aliphatic rings. The third kappa shape index (κ3) is 1.19. The lowest BCUT2D eigenvalue weighted by Crippen LogP contribution is -2.27. The van der Waals surface area contributed by atoms with E-state index in [1.165, 1.54) is 0 Å². The van der Waals surface area contributed by atoms with E-state index < -0.39 is 0 Å². The van der Waals surface area contributed by atoms with Crippen LogP contribution >= 0.6 is 0 Å². The van der Waals surface area contributed by atoms with Crippen LogP contribution in [-0.4, -0.2) is 23.4 Å². The van der Waals surface area contributed by atoms with Gasteiger partial charge in [-0.3, -0.25) is 4.79 Å². The van der Waals surface area contributed by atoms with Gasteiger partial charge in [0.2, 0.25) is 5.91 Å². The quantitative estimate of drug-likeness (QED) is 0.648. The number of hydrogen-bond donors (Lipinski definition) is 1. The molecule has 0 saturated carbocycles. The van der Waals surface area contributed by atoms with Crippen molar-refractivity contribution in [2.45, 2.75) is 25.3 Å². The van der Waals surface area contributed by atoms with Crippen molar-refractivity contribution in [3.63, 3.8) is 0 Å². The van der Waals surface area contributed by atoms with Crippen LogP contribution in [-0.2, 0) is 4.79 Å². The Morgan fingerprint density at radius 3 is 3.25 bits per heavy atom. The molecule has 2 rings (SSSR count). The van der Waals surface area contributed by atoms with Gasteiger partial charge >= 0.3 is 0 Å². The summed E-state index contributed by atoms with van der Waals surface area (Å²) in [5.74, 6) is 0.339. The van der Waals surface area contributed by atoms with Gasteiger partial charge in [0.05, 0.1) is 0 Å². The lowest BCUT2D eigenvalue weighted by atomic mass is 9.95. The summed E-state index contributed by atoms with van der Waals surface area (Å²) in [4.78, 5) is 13.1. The predicted octanol–water partition coefficient (Wildman–Crippen LogP) is 0.470. The highest BCUT2D eigenvalue weighted by molar-refractivity contribution is 5.74. The molecular weight excluding hydrogens is 152 g/mol. The van der Waals surface area contributed by atoms with Crippen LogP contribution < -0.4 is 5.73 Å². The standard InChI is InChI=1S/C9H14N2O/c10-9(12)6-7-3-5-11-4-1-2-8(7)11/h1,4,7-8H,2-3,5-6H2,(H2,10,12)/t7-,8?/m1/s1. The van der Waals surface area contributed by atoms with Gasteiger partial charge in [0.25, 0.3) is 0 Å².